The fourth-order valence-electron chi connectivity index (χ4n) is 1.12. The average molecular weight is 268 g/mol. The van der Waals surface area contributed by atoms with Crippen LogP contribution in [0.4, 0.5) is 0 Å². The summed E-state index contributed by atoms with van der Waals surface area (Å²) in [6.07, 6.45) is 0. The molecule has 0 fully saturated rings. The molecule has 0 unspecified atom stereocenters. The minimum Gasteiger partial charge on any atom is -0.494 e. The van der Waals surface area contributed by atoms with Crippen LogP contribution in [0.5, 0.6) is 5.75 Å². The van der Waals surface area contributed by atoms with Crippen molar-refractivity contribution in [3.63, 3.8) is 0 Å². The number of carbonyl (C=O) groups excluding carboxylic acids is 1. The first kappa shape index (κ1) is 13.8. The second-order valence-corrected chi connectivity index (χ2v) is 10.1. The zero-order chi connectivity index (χ0) is 13.1. The van der Waals surface area contributed by atoms with Crippen LogP contribution in [0.3, 0.4) is 0 Å². The van der Waals surface area contributed by atoms with E-state index >= 15 is 0 Å². The van der Waals surface area contributed by atoms with E-state index in [2.05, 4.69) is 35.8 Å². The van der Waals surface area contributed by atoms with E-state index in [1.54, 1.807) is 0 Å². The summed E-state index contributed by atoms with van der Waals surface area (Å²) in [6.45, 7) is 6.50. The molecule has 0 spiro atoms. The molecule has 92 valence electrons. The lowest BCUT2D eigenvalue weighted by atomic mass is 10.3. The van der Waals surface area contributed by atoms with Crippen molar-refractivity contribution in [1.29, 1.82) is 0 Å². The van der Waals surface area contributed by atoms with Gasteiger partial charge < -0.3 is 9.47 Å². The van der Waals surface area contributed by atoms with Gasteiger partial charge in [0.05, 0.1) is 19.8 Å². The van der Waals surface area contributed by atoms with E-state index < -0.39 is 8.07 Å². The Morgan fingerprint density at radius 3 is 2.47 bits per heavy atom. The predicted molar refractivity (Wildman–Crippen MR) is 72.4 cm³/mol. The first-order valence-electron chi connectivity index (χ1n) is 5.16. The third-order valence-corrected chi connectivity index (χ3v) is 3.71. The second-order valence-electron chi connectivity index (χ2n) is 4.50. The Morgan fingerprint density at radius 2 is 2.00 bits per heavy atom. The van der Waals surface area contributed by atoms with E-state index in [0.29, 0.717) is 10.6 Å². The molecule has 0 N–H and O–H groups in total. The number of esters is 1. The van der Waals surface area contributed by atoms with Gasteiger partial charge in [-0.05, 0) is 0 Å². The van der Waals surface area contributed by atoms with E-state index in [9.17, 15) is 4.79 Å². The molecule has 0 aliphatic carbocycles. The smallest absolute Gasteiger partial charge is 0.351 e. The highest BCUT2D eigenvalue weighted by Crippen LogP contribution is 2.30. The van der Waals surface area contributed by atoms with Crippen molar-refractivity contribution < 1.29 is 14.3 Å². The van der Waals surface area contributed by atoms with E-state index in [4.69, 9.17) is 4.74 Å². The fraction of sp³-hybridized carbons (Fsp3) is 0.417. The average Bonchev–Trinajstić information content (AvgIpc) is 2.67. The van der Waals surface area contributed by atoms with Crippen LogP contribution in [0.1, 0.15) is 15.2 Å². The lowest BCUT2D eigenvalue weighted by molar-refractivity contribution is 0.0603. The maximum atomic E-state index is 11.5. The van der Waals surface area contributed by atoms with Crippen molar-refractivity contribution >= 4 is 25.4 Å². The number of rotatable bonds is 2. The van der Waals surface area contributed by atoms with Crippen molar-refractivity contribution in [2.45, 2.75) is 19.6 Å². The number of hydrogen-bond acceptors (Lipinski definition) is 4. The summed E-state index contributed by atoms with van der Waals surface area (Å²) >= 11 is 1.30. The zero-order valence-electron chi connectivity index (χ0n) is 10.7. The molecule has 17 heavy (non-hydrogen) atoms. The summed E-state index contributed by atoms with van der Waals surface area (Å²) in [7, 11) is 1.46. The van der Waals surface area contributed by atoms with Crippen molar-refractivity contribution in [2.24, 2.45) is 0 Å². The minimum absolute atomic E-state index is 0.382. The Kier molecular flexibility index (Phi) is 4.38. The van der Waals surface area contributed by atoms with E-state index in [1.807, 2.05) is 5.38 Å². The normalized spacial score (nSPS) is 10.4. The number of hydrogen-bond donors (Lipinski definition) is 0. The number of carbonyl (C=O) groups is 1. The lowest BCUT2D eigenvalue weighted by Crippen LogP contribution is -2.16. The fourth-order valence-corrected chi connectivity index (χ4v) is 2.52. The predicted octanol–water partition coefficient (Wildman–Crippen LogP) is 2.77. The van der Waals surface area contributed by atoms with Gasteiger partial charge in [-0.2, -0.15) is 0 Å². The second kappa shape index (κ2) is 5.39. The van der Waals surface area contributed by atoms with Crippen LogP contribution in [0.15, 0.2) is 5.38 Å². The first-order valence-corrected chi connectivity index (χ1v) is 9.54. The third-order valence-electron chi connectivity index (χ3n) is 1.89. The van der Waals surface area contributed by atoms with Crippen LogP contribution >= 0.6 is 11.3 Å². The maximum Gasteiger partial charge on any atom is 0.351 e. The van der Waals surface area contributed by atoms with Crippen LogP contribution in [0, 0.1) is 11.5 Å². The summed E-state index contributed by atoms with van der Waals surface area (Å²) in [5.41, 5.74) is 4.01. The van der Waals surface area contributed by atoms with E-state index in [-0.39, 0.29) is 5.97 Å². The van der Waals surface area contributed by atoms with Gasteiger partial charge in [0.1, 0.15) is 8.07 Å². The van der Waals surface area contributed by atoms with E-state index in [0.717, 1.165) is 5.56 Å². The molecule has 0 saturated heterocycles. The highest BCUT2D eigenvalue weighted by Gasteiger charge is 2.18. The topological polar surface area (TPSA) is 35.5 Å². The number of thiophene rings is 1. The first-order chi connectivity index (χ1) is 7.89. The van der Waals surface area contributed by atoms with Gasteiger partial charge in [-0.25, -0.2) is 4.79 Å². The molecule has 1 rings (SSSR count). The molecule has 0 radical (unpaired) electrons. The quantitative estimate of drug-likeness (QED) is 0.470. The van der Waals surface area contributed by atoms with Gasteiger partial charge in [-0.1, -0.05) is 25.6 Å². The Balaban J connectivity index is 3.14. The summed E-state index contributed by atoms with van der Waals surface area (Å²) in [5, 5.41) is 1.83. The minimum atomic E-state index is -1.43. The third kappa shape index (κ3) is 3.61. The number of ether oxygens (including phenoxy) is 2. The molecule has 0 aliphatic heterocycles. The Labute approximate surface area is 107 Å². The molecule has 0 aliphatic rings. The largest absolute Gasteiger partial charge is 0.494 e. The van der Waals surface area contributed by atoms with Crippen molar-refractivity contribution in [3.05, 3.63) is 15.8 Å². The van der Waals surface area contributed by atoms with Gasteiger partial charge in [0.25, 0.3) is 0 Å². The van der Waals surface area contributed by atoms with E-state index in [1.165, 1.54) is 25.6 Å². The summed E-state index contributed by atoms with van der Waals surface area (Å²) in [5.74, 6) is 3.23. The molecule has 1 aromatic rings. The van der Waals surface area contributed by atoms with Crippen LogP contribution in [-0.4, -0.2) is 28.3 Å². The van der Waals surface area contributed by atoms with Crippen molar-refractivity contribution in [3.8, 4) is 17.2 Å². The van der Waals surface area contributed by atoms with Gasteiger partial charge in [0, 0.05) is 5.38 Å². The summed E-state index contributed by atoms with van der Waals surface area (Å²) < 4.78 is 9.92. The Morgan fingerprint density at radius 1 is 1.35 bits per heavy atom. The Hall–Kier alpha value is -1.25. The standard InChI is InChI=1S/C12H16O3SSi/c1-14-10-9(6-7-17(3,4)5)8-16-11(10)12(13)15-2/h8H,1-5H3. The van der Waals surface area contributed by atoms with Crippen molar-refractivity contribution in [1.82, 2.24) is 0 Å². The molecule has 1 aromatic heterocycles. The zero-order valence-corrected chi connectivity index (χ0v) is 12.5. The van der Waals surface area contributed by atoms with Crippen molar-refractivity contribution in [2.75, 3.05) is 14.2 Å². The molecule has 5 heteroatoms. The molecule has 0 atom stereocenters. The Bertz CT molecular complexity index is 474. The van der Waals surface area contributed by atoms with Crippen LogP contribution in [0.25, 0.3) is 0 Å². The summed E-state index contributed by atoms with van der Waals surface area (Å²) in [6, 6.07) is 0. The van der Waals surface area contributed by atoms with Gasteiger partial charge in [0.2, 0.25) is 0 Å². The highest BCUT2D eigenvalue weighted by molar-refractivity contribution is 7.12. The molecule has 0 aromatic carbocycles. The maximum absolute atomic E-state index is 11.5. The molecule has 3 nitrogen and oxygen atoms in total. The number of methoxy groups -OCH3 is 2. The van der Waals surface area contributed by atoms with Crippen LogP contribution in [-0.2, 0) is 4.74 Å². The highest BCUT2D eigenvalue weighted by atomic mass is 32.1. The van der Waals surface area contributed by atoms with Gasteiger partial charge >= 0.3 is 5.97 Å². The van der Waals surface area contributed by atoms with Crippen LogP contribution in [0.2, 0.25) is 19.6 Å². The van der Waals surface area contributed by atoms with Gasteiger partial charge in [-0.15, -0.1) is 16.9 Å². The monoisotopic (exact) mass is 268 g/mol. The lowest BCUT2D eigenvalue weighted by Gasteiger charge is -2.04. The molecule has 0 bridgehead atoms. The van der Waals surface area contributed by atoms with Gasteiger partial charge in [-0.3, -0.25) is 0 Å². The molecule has 0 saturated carbocycles. The summed E-state index contributed by atoms with van der Waals surface area (Å²) in [4.78, 5) is 11.9. The molecule has 0 amide bonds. The molecular weight excluding hydrogens is 252 g/mol. The molecule has 1 heterocycles. The van der Waals surface area contributed by atoms with Gasteiger partial charge in [0.15, 0.2) is 10.6 Å². The van der Waals surface area contributed by atoms with Crippen LogP contribution < -0.4 is 4.74 Å². The SMILES string of the molecule is COC(=O)c1scc(C#C[Si](C)(C)C)c1OC. The molecular formula is C12H16O3SSi.